The number of hydrogen-bond acceptors (Lipinski definition) is 4. The average molecular weight is 252 g/mol. The Labute approximate surface area is 106 Å². The van der Waals surface area contributed by atoms with E-state index in [1.165, 1.54) is 0 Å². The lowest BCUT2D eigenvalue weighted by Gasteiger charge is -2.24. The van der Waals surface area contributed by atoms with Gasteiger partial charge in [-0.05, 0) is 25.7 Å². The van der Waals surface area contributed by atoms with Crippen molar-refractivity contribution in [2.75, 3.05) is 6.54 Å². The molecule has 1 amide bonds. The van der Waals surface area contributed by atoms with Gasteiger partial charge in [-0.15, -0.1) is 5.10 Å². The third-order valence-electron chi connectivity index (χ3n) is 3.35. The monoisotopic (exact) mass is 252 g/mol. The zero-order valence-electron chi connectivity index (χ0n) is 10.5. The van der Waals surface area contributed by atoms with Gasteiger partial charge in [0.2, 0.25) is 5.91 Å². The van der Waals surface area contributed by atoms with Crippen molar-refractivity contribution in [3.63, 3.8) is 0 Å². The molecule has 1 fully saturated rings. The molecule has 0 unspecified atom stereocenters. The number of aryl methyl sites for hydroxylation is 1. The van der Waals surface area contributed by atoms with E-state index in [2.05, 4.69) is 15.6 Å². The van der Waals surface area contributed by atoms with Crippen molar-refractivity contribution in [2.45, 2.75) is 44.8 Å². The summed E-state index contributed by atoms with van der Waals surface area (Å²) >= 11 is 0. The molecule has 0 aliphatic heterocycles. The Balaban J connectivity index is 1.62. The molecule has 0 saturated heterocycles. The molecular weight excluding hydrogens is 232 g/mol. The number of aliphatic hydroxyl groups is 1. The van der Waals surface area contributed by atoms with Crippen molar-refractivity contribution >= 4 is 5.91 Å². The lowest BCUT2D eigenvalue weighted by molar-refractivity contribution is -0.127. The van der Waals surface area contributed by atoms with Crippen molar-refractivity contribution < 1.29 is 9.90 Å². The van der Waals surface area contributed by atoms with Crippen LogP contribution in [0.3, 0.4) is 0 Å². The van der Waals surface area contributed by atoms with Gasteiger partial charge in [0, 0.05) is 25.2 Å². The smallest absolute Gasteiger partial charge is 0.223 e. The van der Waals surface area contributed by atoms with E-state index in [0.717, 1.165) is 32.2 Å². The zero-order chi connectivity index (χ0) is 12.8. The van der Waals surface area contributed by atoms with Crippen LogP contribution < -0.4 is 5.32 Å². The van der Waals surface area contributed by atoms with Crippen LogP contribution >= 0.6 is 0 Å². The van der Waals surface area contributed by atoms with Gasteiger partial charge in [0.05, 0.1) is 12.3 Å². The molecule has 0 spiro atoms. The topological polar surface area (TPSA) is 80.0 Å². The standard InChI is InChI=1S/C12H20N4O2/c17-11-4-1-3-10(9-11)12(18)13-5-2-7-16-8-6-14-15-16/h6,8,10-11,17H,1-5,7,9H2,(H,13,18)/t10-,11+/m0/s1. The number of carbonyl (C=O) groups excluding carboxylic acids is 1. The summed E-state index contributed by atoms with van der Waals surface area (Å²) in [7, 11) is 0. The van der Waals surface area contributed by atoms with Crippen LogP contribution in [-0.2, 0) is 11.3 Å². The molecule has 1 aromatic heterocycles. The molecule has 1 aliphatic rings. The van der Waals surface area contributed by atoms with Crippen LogP contribution in [-0.4, -0.2) is 38.7 Å². The van der Waals surface area contributed by atoms with Crippen molar-refractivity contribution in [3.05, 3.63) is 12.4 Å². The van der Waals surface area contributed by atoms with Crippen LogP contribution in [0.25, 0.3) is 0 Å². The summed E-state index contributed by atoms with van der Waals surface area (Å²) in [5.74, 6) is 0.0625. The number of rotatable bonds is 5. The van der Waals surface area contributed by atoms with E-state index in [4.69, 9.17) is 0 Å². The first-order chi connectivity index (χ1) is 8.75. The molecule has 18 heavy (non-hydrogen) atoms. The maximum atomic E-state index is 11.8. The van der Waals surface area contributed by atoms with Gasteiger partial charge in [0.15, 0.2) is 0 Å². The number of nitrogens with one attached hydrogen (secondary N) is 1. The summed E-state index contributed by atoms with van der Waals surface area (Å²) in [6.45, 7) is 1.40. The highest BCUT2D eigenvalue weighted by molar-refractivity contribution is 5.78. The maximum absolute atomic E-state index is 11.8. The molecule has 2 atom stereocenters. The predicted molar refractivity (Wildman–Crippen MR) is 65.6 cm³/mol. The third-order valence-corrected chi connectivity index (χ3v) is 3.35. The minimum atomic E-state index is -0.301. The first-order valence-corrected chi connectivity index (χ1v) is 6.55. The Morgan fingerprint density at radius 2 is 2.39 bits per heavy atom. The third kappa shape index (κ3) is 3.80. The maximum Gasteiger partial charge on any atom is 0.223 e. The molecule has 2 rings (SSSR count). The molecular formula is C12H20N4O2. The van der Waals surface area contributed by atoms with Crippen LogP contribution in [0.4, 0.5) is 0 Å². The highest BCUT2D eigenvalue weighted by atomic mass is 16.3. The quantitative estimate of drug-likeness (QED) is 0.740. The van der Waals surface area contributed by atoms with E-state index >= 15 is 0 Å². The fraction of sp³-hybridized carbons (Fsp3) is 0.750. The number of aromatic nitrogens is 3. The summed E-state index contributed by atoms with van der Waals surface area (Å²) in [5.41, 5.74) is 0. The first-order valence-electron chi connectivity index (χ1n) is 6.55. The van der Waals surface area contributed by atoms with E-state index in [1.54, 1.807) is 17.1 Å². The molecule has 1 aromatic rings. The molecule has 6 heteroatoms. The minimum Gasteiger partial charge on any atom is -0.393 e. The van der Waals surface area contributed by atoms with Crippen LogP contribution in [0, 0.1) is 5.92 Å². The molecule has 0 aromatic carbocycles. The molecule has 1 saturated carbocycles. The molecule has 1 aliphatic carbocycles. The van der Waals surface area contributed by atoms with E-state index in [1.807, 2.05) is 0 Å². The van der Waals surface area contributed by atoms with E-state index < -0.39 is 0 Å². The van der Waals surface area contributed by atoms with Gasteiger partial charge < -0.3 is 10.4 Å². The van der Waals surface area contributed by atoms with Crippen LogP contribution in [0.2, 0.25) is 0 Å². The Morgan fingerprint density at radius 1 is 1.50 bits per heavy atom. The van der Waals surface area contributed by atoms with Gasteiger partial charge in [-0.3, -0.25) is 9.48 Å². The van der Waals surface area contributed by atoms with E-state index in [-0.39, 0.29) is 17.9 Å². The van der Waals surface area contributed by atoms with Gasteiger partial charge in [0.25, 0.3) is 0 Å². The second-order valence-corrected chi connectivity index (χ2v) is 4.83. The van der Waals surface area contributed by atoms with Gasteiger partial charge >= 0.3 is 0 Å². The highest BCUT2D eigenvalue weighted by Gasteiger charge is 2.25. The number of carbonyl (C=O) groups is 1. The molecule has 2 N–H and O–H groups in total. The van der Waals surface area contributed by atoms with Gasteiger partial charge in [-0.1, -0.05) is 11.6 Å². The first kappa shape index (κ1) is 13.0. The molecule has 100 valence electrons. The lowest BCUT2D eigenvalue weighted by atomic mass is 9.87. The molecule has 0 radical (unpaired) electrons. The van der Waals surface area contributed by atoms with Crippen LogP contribution in [0.1, 0.15) is 32.1 Å². The van der Waals surface area contributed by atoms with Gasteiger partial charge in [-0.25, -0.2) is 0 Å². The summed E-state index contributed by atoms with van der Waals surface area (Å²) in [4.78, 5) is 11.8. The number of hydrogen-bond donors (Lipinski definition) is 2. The number of aliphatic hydroxyl groups excluding tert-OH is 1. The Bertz CT molecular complexity index is 366. The Hall–Kier alpha value is -1.43. The summed E-state index contributed by atoms with van der Waals surface area (Å²) in [6, 6.07) is 0. The van der Waals surface area contributed by atoms with Crippen LogP contribution in [0.15, 0.2) is 12.4 Å². The lowest BCUT2D eigenvalue weighted by Crippen LogP contribution is -2.35. The SMILES string of the molecule is O=C(NCCCn1ccnn1)[C@H]1CCC[C@@H](O)C1. The van der Waals surface area contributed by atoms with Gasteiger partial charge in [0.1, 0.15) is 0 Å². The van der Waals surface area contributed by atoms with Crippen molar-refractivity contribution in [1.29, 1.82) is 0 Å². The van der Waals surface area contributed by atoms with Crippen molar-refractivity contribution in [3.8, 4) is 0 Å². The van der Waals surface area contributed by atoms with Crippen molar-refractivity contribution in [2.24, 2.45) is 5.92 Å². The van der Waals surface area contributed by atoms with E-state index in [9.17, 15) is 9.90 Å². The normalized spacial score (nSPS) is 23.8. The molecule has 0 bridgehead atoms. The molecule has 1 heterocycles. The average Bonchev–Trinajstić information content (AvgIpc) is 2.87. The second kappa shape index (κ2) is 6.49. The number of nitrogens with zero attached hydrogens (tertiary/aromatic N) is 3. The Morgan fingerprint density at radius 3 is 3.11 bits per heavy atom. The summed E-state index contributed by atoms with van der Waals surface area (Å²) in [6.07, 6.45) is 7.26. The largest absolute Gasteiger partial charge is 0.393 e. The number of amides is 1. The Kier molecular flexibility index (Phi) is 4.69. The molecule has 6 nitrogen and oxygen atoms in total. The minimum absolute atomic E-state index is 0.0138. The summed E-state index contributed by atoms with van der Waals surface area (Å²) in [5, 5.41) is 20.0. The van der Waals surface area contributed by atoms with E-state index in [0.29, 0.717) is 13.0 Å². The van der Waals surface area contributed by atoms with Crippen LogP contribution in [0.5, 0.6) is 0 Å². The second-order valence-electron chi connectivity index (χ2n) is 4.83. The fourth-order valence-electron chi connectivity index (χ4n) is 2.35. The fourth-order valence-corrected chi connectivity index (χ4v) is 2.35. The highest BCUT2D eigenvalue weighted by Crippen LogP contribution is 2.24. The predicted octanol–water partition coefficient (Wildman–Crippen LogP) is 0.335. The zero-order valence-corrected chi connectivity index (χ0v) is 10.5. The van der Waals surface area contributed by atoms with Gasteiger partial charge in [-0.2, -0.15) is 0 Å². The van der Waals surface area contributed by atoms with Crippen molar-refractivity contribution in [1.82, 2.24) is 20.3 Å². The summed E-state index contributed by atoms with van der Waals surface area (Å²) < 4.78 is 1.75.